The molecule has 0 saturated carbocycles. The largest absolute Gasteiger partial charge is 0.354 e. The van der Waals surface area contributed by atoms with Crippen LogP contribution in [0.5, 0.6) is 0 Å². The smallest absolute Gasteiger partial charge is 0.161 e. The Morgan fingerprint density at radius 1 is 1.12 bits per heavy atom. The molecule has 0 radical (unpaired) electrons. The van der Waals surface area contributed by atoms with Crippen LogP contribution in [0.2, 0.25) is 0 Å². The van der Waals surface area contributed by atoms with Crippen LogP contribution in [0.15, 0.2) is 36.4 Å². The third-order valence-corrected chi connectivity index (χ3v) is 3.25. The van der Waals surface area contributed by atoms with E-state index in [1.165, 1.54) is 10.9 Å². The molecule has 0 aliphatic heterocycles. The molecule has 1 aromatic heterocycles. The predicted octanol–water partition coefficient (Wildman–Crippen LogP) is 3.83. The highest BCUT2D eigenvalue weighted by Gasteiger charge is 2.12. The van der Waals surface area contributed by atoms with Gasteiger partial charge in [-0.1, -0.05) is 24.3 Å². The van der Waals surface area contributed by atoms with Gasteiger partial charge in [0, 0.05) is 21.9 Å². The zero-order valence-corrected chi connectivity index (χ0v) is 9.87. The Kier molecular flexibility index (Phi) is 2.05. The fraction of sp³-hybridized carbons (Fsp3) is 0.133. The molecule has 0 unspecified atom stereocenters. The van der Waals surface area contributed by atoms with Crippen molar-refractivity contribution in [2.75, 3.05) is 0 Å². The van der Waals surface area contributed by atoms with E-state index >= 15 is 0 Å². The average Bonchev–Trinajstić information content (AvgIpc) is 2.68. The molecule has 1 N–H and O–H groups in total. The van der Waals surface area contributed by atoms with E-state index in [0.717, 1.165) is 22.0 Å². The van der Waals surface area contributed by atoms with Crippen LogP contribution < -0.4 is 0 Å². The maximum atomic E-state index is 11.6. The number of Topliss-reactive ketones (excluding diaryl/α,β-unsaturated/α-hetero) is 1. The van der Waals surface area contributed by atoms with Gasteiger partial charge in [0.25, 0.3) is 0 Å². The van der Waals surface area contributed by atoms with E-state index < -0.39 is 0 Å². The molecule has 2 heteroatoms. The van der Waals surface area contributed by atoms with Crippen molar-refractivity contribution in [3.05, 3.63) is 47.5 Å². The Morgan fingerprint density at radius 3 is 2.65 bits per heavy atom. The lowest BCUT2D eigenvalue weighted by atomic mass is 10.0. The van der Waals surface area contributed by atoms with Crippen molar-refractivity contribution in [3.8, 4) is 0 Å². The summed E-state index contributed by atoms with van der Waals surface area (Å²) in [6, 6.07) is 12.1. The van der Waals surface area contributed by atoms with Gasteiger partial charge in [0.05, 0.1) is 5.52 Å². The van der Waals surface area contributed by atoms with E-state index in [1.807, 2.05) is 30.3 Å². The lowest BCUT2D eigenvalue weighted by Gasteiger charge is -2.01. The SMILES string of the molecule is CC(=O)c1ccc(C)c2c1[nH]c1ccccc12. The number of ketones is 1. The maximum absolute atomic E-state index is 11.6. The average molecular weight is 223 g/mol. The number of aromatic nitrogens is 1. The van der Waals surface area contributed by atoms with Crippen LogP contribution >= 0.6 is 0 Å². The van der Waals surface area contributed by atoms with Crippen molar-refractivity contribution in [1.82, 2.24) is 4.98 Å². The Bertz CT molecular complexity index is 737. The van der Waals surface area contributed by atoms with Gasteiger partial charge in [-0.05, 0) is 31.5 Å². The van der Waals surface area contributed by atoms with Crippen LogP contribution in [-0.4, -0.2) is 10.8 Å². The summed E-state index contributed by atoms with van der Waals surface area (Å²) in [4.78, 5) is 15.0. The highest BCUT2D eigenvalue weighted by atomic mass is 16.1. The predicted molar refractivity (Wildman–Crippen MR) is 70.5 cm³/mol. The lowest BCUT2D eigenvalue weighted by molar-refractivity contribution is 0.101. The van der Waals surface area contributed by atoms with Crippen LogP contribution in [0.3, 0.4) is 0 Å². The third-order valence-electron chi connectivity index (χ3n) is 3.25. The summed E-state index contributed by atoms with van der Waals surface area (Å²) >= 11 is 0. The minimum Gasteiger partial charge on any atom is -0.354 e. The van der Waals surface area contributed by atoms with E-state index in [0.29, 0.717) is 0 Å². The number of hydrogen-bond donors (Lipinski definition) is 1. The first-order valence-electron chi connectivity index (χ1n) is 5.69. The fourth-order valence-corrected chi connectivity index (χ4v) is 2.42. The number of hydrogen-bond acceptors (Lipinski definition) is 1. The summed E-state index contributed by atoms with van der Waals surface area (Å²) in [5.41, 5.74) is 4.00. The number of aromatic amines is 1. The van der Waals surface area contributed by atoms with Crippen LogP contribution in [0.25, 0.3) is 21.8 Å². The highest BCUT2D eigenvalue weighted by molar-refractivity contribution is 6.16. The standard InChI is InChI=1S/C15H13NO/c1-9-7-8-11(10(2)17)15-14(9)12-5-3-4-6-13(12)16-15/h3-8,16H,1-2H3. The summed E-state index contributed by atoms with van der Waals surface area (Å²) < 4.78 is 0. The Labute approximate surface area is 99.3 Å². The van der Waals surface area contributed by atoms with Gasteiger partial charge in [-0.25, -0.2) is 0 Å². The molecule has 0 spiro atoms. The molecule has 3 aromatic rings. The van der Waals surface area contributed by atoms with Gasteiger partial charge in [-0.3, -0.25) is 4.79 Å². The first kappa shape index (κ1) is 10.1. The van der Waals surface area contributed by atoms with Gasteiger partial charge in [-0.15, -0.1) is 0 Å². The lowest BCUT2D eigenvalue weighted by Crippen LogP contribution is -1.93. The first-order chi connectivity index (χ1) is 8.18. The van der Waals surface area contributed by atoms with Crippen LogP contribution in [0.1, 0.15) is 22.8 Å². The van der Waals surface area contributed by atoms with Crippen molar-refractivity contribution >= 4 is 27.6 Å². The monoisotopic (exact) mass is 223 g/mol. The molecule has 2 nitrogen and oxygen atoms in total. The second kappa shape index (κ2) is 3.45. The molecule has 3 rings (SSSR count). The molecule has 17 heavy (non-hydrogen) atoms. The number of para-hydroxylation sites is 1. The van der Waals surface area contributed by atoms with E-state index in [2.05, 4.69) is 18.0 Å². The van der Waals surface area contributed by atoms with E-state index in [4.69, 9.17) is 0 Å². The van der Waals surface area contributed by atoms with Gasteiger partial charge >= 0.3 is 0 Å². The number of aryl methyl sites for hydroxylation is 1. The summed E-state index contributed by atoms with van der Waals surface area (Å²) in [5, 5.41) is 2.34. The van der Waals surface area contributed by atoms with Gasteiger partial charge in [0.15, 0.2) is 5.78 Å². The summed E-state index contributed by atoms with van der Waals surface area (Å²) in [6.45, 7) is 3.68. The Hall–Kier alpha value is -2.09. The fourth-order valence-electron chi connectivity index (χ4n) is 2.42. The number of H-pyrrole nitrogens is 1. The van der Waals surface area contributed by atoms with Crippen molar-refractivity contribution in [3.63, 3.8) is 0 Å². The molecule has 0 aliphatic carbocycles. The first-order valence-corrected chi connectivity index (χ1v) is 5.69. The summed E-state index contributed by atoms with van der Waals surface area (Å²) in [5.74, 6) is 0.0987. The van der Waals surface area contributed by atoms with Crippen molar-refractivity contribution < 1.29 is 4.79 Å². The van der Waals surface area contributed by atoms with Crippen molar-refractivity contribution in [2.45, 2.75) is 13.8 Å². The molecule has 1 heterocycles. The topological polar surface area (TPSA) is 32.9 Å². The normalized spacial score (nSPS) is 11.2. The molecule has 0 amide bonds. The number of benzene rings is 2. The minimum atomic E-state index is 0.0987. The van der Waals surface area contributed by atoms with E-state index in [9.17, 15) is 4.79 Å². The van der Waals surface area contributed by atoms with Crippen LogP contribution in [-0.2, 0) is 0 Å². The zero-order chi connectivity index (χ0) is 12.0. The number of nitrogens with one attached hydrogen (secondary N) is 1. The van der Waals surface area contributed by atoms with E-state index in [1.54, 1.807) is 6.92 Å². The van der Waals surface area contributed by atoms with Crippen molar-refractivity contribution in [1.29, 1.82) is 0 Å². The number of carbonyl (C=O) groups is 1. The molecule has 0 bridgehead atoms. The maximum Gasteiger partial charge on any atom is 0.161 e. The molecule has 0 atom stereocenters. The third kappa shape index (κ3) is 1.37. The number of rotatable bonds is 1. The molecule has 0 saturated heterocycles. The molecular weight excluding hydrogens is 210 g/mol. The van der Waals surface area contributed by atoms with Crippen LogP contribution in [0, 0.1) is 6.92 Å². The van der Waals surface area contributed by atoms with Gasteiger partial charge in [0.2, 0.25) is 0 Å². The number of carbonyl (C=O) groups excluding carboxylic acids is 1. The Morgan fingerprint density at radius 2 is 1.88 bits per heavy atom. The highest BCUT2D eigenvalue weighted by Crippen LogP contribution is 2.30. The van der Waals surface area contributed by atoms with E-state index in [-0.39, 0.29) is 5.78 Å². The van der Waals surface area contributed by atoms with Gasteiger partial charge in [0.1, 0.15) is 0 Å². The van der Waals surface area contributed by atoms with Gasteiger partial charge < -0.3 is 4.98 Å². The molecule has 0 fully saturated rings. The van der Waals surface area contributed by atoms with Crippen LogP contribution in [0.4, 0.5) is 0 Å². The van der Waals surface area contributed by atoms with Crippen molar-refractivity contribution in [2.24, 2.45) is 0 Å². The minimum absolute atomic E-state index is 0.0987. The molecule has 84 valence electrons. The number of fused-ring (bicyclic) bond motifs is 3. The summed E-state index contributed by atoms with van der Waals surface area (Å²) in [6.07, 6.45) is 0. The molecule has 2 aromatic carbocycles. The second-order valence-corrected chi connectivity index (χ2v) is 4.41. The van der Waals surface area contributed by atoms with Gasteiger partial charge in [-0.2, -0.15) is 0 Å². The molecular formula is C15H13NO. The Balaban J connectivity index is 2.58. The second-order valence-electron chi connectivity index (χ2n) is 4.41. The zero-order valence-electron chi connectivity index (χ0n) is 9.87. The quantitative estimate of drug-likeness (QED) is 0.625. The summed E-state index contributed by atoms with van der Waals surface area (Å²) in [7, 11) is 0. The molecule has 0 aliphatic rings.